The van der Waals surface area contributed by atoms with Crippen LogP contribution in [0.3, 0.4) is 0 Å². The minimum absolute atomic E-state index is 0.201. The summed E-state index contributed by atoms with van der Waals surface area (Å²) >= 11 is 1.64. The summed E-state index contributed by atoms with van der Waals surface area (Å²) in [5, 5.41) is 6.09. The van der Waals surface area contributed by atoms with Crippen LogP contribution in [0.15, 0.2) is 60.5 Å². The number of nitrogens with zero attached hydrogens (tertiary/aromatic N) is 6. The summed E-state index contributed by atoms with van der Waals surface area (Å²) in [7, 11) is 0. The number of nitrogens with one attached hydrogen (secondary N) is 1. The van der Waals surface area contributed by atoms with Crippen molar-refractivity contribution < 1.29 is 4.79 Å². The van der Waals surface area contributed by atoms with E-state index in [0.29, 0.717) is 24.6 Å². The van der Waals surface area contributed by atoms with E-state index in [1.807, 2.05) is 61.0 Å². The molecule has 1 amide bonds. The van der Waals surface area contributed by atoms with Crippen LogP contribution in [0.4, 0.5) is 0 Å². The number of fused-ring (bicyclic) bond motifs is 1. The molecule has 8 nitrogen and oxygen atoms in total. The van der Waals surface area contributed by atoms with Crippen molar-refractivity contribution in [1.82, 2.24) is 34.2 Å². The number of hydrogen-bond acceptors (Lipinski definition) is 6. The zero-order valence-corrected chi connectivity index (χ0v) is 19.2. The van der Waals surface area contributed by atoms with Crippen molar-refractivity contribution in [3.05, 3.63) is 88.3 Å². The van der Waals surface area contributed by atoms with Gasteiger partial charge in [-0.25, -0.2) is 15.0 Å². The van der Waals surface area contributed by atoms with E-state index in [9.17, 15) is 4.79 Å². The molecule has 0 unspecified atom stereocenters. The van der Waals surface area contributed by atoms with Gasteiger partial charge in [0.05, 0.1) is 22.8 Å². The van der Waals surface area contributed by atoms with Gasteiger partial charge in [0.1, 0.15) is 11.5 Å². The Hall–Kier alpha value is -3.85. The molecule has 0 aliphatic rings. The number of amides is 1. The predicted octanol–water partition coefficient (Wildman–Crippen LogP) is 3.69. The van der Waals surface area contributed by atoms with Crippen LogP contribution < -0.4 is 5.32 Å². The second kappa shape index (κ2) is 8.95. The Labute approximate surface area is 195 Å². The maximum atomic E-state index is 13.0. The molecule has 5 aromatic rings. The van der Waals surface area contributed by atoms with E-state index in [-0.39, 0.29) is 5.91 Å². The van der Waals surface area contributed by atoms with Gasteiger partial charge in [0.25, 0.3) is 5.91 Å². The van der Waals surface area contributed by atoms with Crippen molar-refractivity contribution >= 4 is 22.8 Å². The van der Waals surface area contributed by atoms with Crippen LogP contribution in [0.5, 0.6) is 0 Å². The highest BCUT2D eigenvalue weighted by Crippen LogP contribution is 2.23. The number of pyridine rings is 2. The van der Waals surface area contributed by atoms with Crippen LogP contribution in [0, 0.1) is 13.8 Å². The lowest BCUT2D eigenvalue weighted by Crippen LogP contribution is -2.26. The Morgan fingerprint density at radius 3 is 2.73 bits per heavy atom. The van der Waals surface area contributed by atoms with E-state index in [1.165, 1.54) is 0 Å². The third-order valence-electron chi connectivity index (χ3n) is 5.42. The van der Waals surface area contributed by atoms with E-state index < -0.39 is 0 Å². The fraction of sp³-hybridized carbons (Fsp3) is 0.208. The standard InChI is InChI=1S/C24H23N7OS/c1-16-27-20(14-30(16)13-19-15-33-17(2)28-19)23-29-22(21-5-3-4-12-31(21)23)24(32)26-11-8-18-6-9-25-10-7-18/h3-7,9-10,12,14-15H,8,11,13H2,1-2H3,(H,26,32). The van der Waals surface area contributed by atoms with Crippen LogP contribution in [0.25, 0.3) is 17.0 Å². The van der Waals surface area contributed by atoms with Crippen LogP contribution in [0.1, 0.15) is 32.6 Å². The summed E-state index contributed by atoms with van der Waals surface area (Å²) in [6.45, 7) is 5.13. The SMILES string of the molecule is Cc1nc(Cn2cc(-c3nc(C(=O)NCCc4ccncc4)c4ccccn34)nc2C)cs1. The first-order valence-corrected chi connectivity index (χ1v) is 11.6. The molecule has 5 heterocycles. The van der Waals surface area contributed by atoms with Gasteiger partial charge in [0, 0.05) is 36.7 Å². The smallest absolute Gasteiger partial charge is 0.272 e. The zero-order chi connectivity index (χ0) is 22.8. The molecule has 0 fully saturated rings. The van der Waals surface area contributed by atoms with Crippen LogP contribution in [0.2, 0.25) is 0 Å². The average Bonchev–Trinajstić information content (AvgIpc) is 3.52. The molecule has 0 aromatic carbocycles. The number of aryl methyl sites for hydroxylation is 2. The minimum Gasteiger partial charge on any atom is -0.350 e. The maximum Gasteiger partial charge on any atom is 0.272 e. The van der Waals surface area contributed by atoms with Gasteiger partial charge in [-0.3, -0.25) is 14.2 Å². The van der Waals surface area contributed by atoms with Gasteiger partial charge in [0.15, 0.2) is 11.5 Å². The molecule has 0 saturated carbocycles. The lowest BCUT2D eigenvalue weighted by molar-refractivity contribution is 0.0951. The summed E-state index contributed by atoms with van der Waals surface area (Å²) in [6.07, 6.45) is 8.11. The topological polar surface area (TPSA) is 90.0 Å². The fourth-order valence-corrected chi connectivity index (χ4v) is 4.37. The van der Waals surface area contributed by atoms with Gasteiger partial charge < -0.3 is 9.88 Å². The Morgan fingerprint density at radius 1 is 1.09 bits per heavy atom. The van der Waals surface area contributed by atoms with E-state index >= 15 is 0 Å². The fourth-order valence-electron chi connectivity index (χ4n) is 3.77. The molecule has 166 valence electrons. The van der Waals surface area contributed by atoms with Gasteiger partial charge in [-0.1, -0.05) is 6.07 Å². The third-order valence-corrected chi connectivity index (χ3v) is 6.24. The van der Waals surface area contributed by atoms with Crippen molar-refractivity contribution in [1.29, 1.82) is 0 Å². The van der Waals surface area contributed by atoms with Crippen molar-refractivity contribution in [2.45, 2.75) is 26.8 Å². The number of aromatic nitrogens is 6. The Bertz CT molecular complexity index is 1420. The van der Waals surface area contributed by atoms with Crippen LogP contribution in [-0.2, 0) is 13.0 Å². The lowest BCUT2D eigenvalue weighted by atomic mass is 10.2. The number of thiazole rings is 1. The molecular weight excluding hydrogens is 434 g/mol. The number of carbonyl (C=O) groups excluding carboxylic acids is 1. The molecule has 5 aromatic heterocycles. The molecule has 0 spiro atoms. The largest absolute Gasteiger partial charge is 0.350 e. The normalized spacial score (nSPS) is 11.2. The first kappa shape index (κ1) is 21.0. The maximum absolute atomic E-state index is 13.0. The number of hydrogen-bond donors (Lipinski definition) is 1. The molecule has 0 atom stereocenters. The second-order valence-corrected chi connectivity index (χ2v) is 8.82. The minimum atomic E-state index is -0.201. The van der Waals surface area contributed by atoms with Crippen LogP contribution in [-0.4, -0.2) is 41.4 Å². The Morgan fingerprint density at radius 2 is 1.94 bits per heavy atom. The van der Waals surface area contributed by atoms with Crippen LogP contribution >= 0.6 is 11.3 Å². The molecular formula is C24H23N7OS. The number of carbonyl (C=O) groups is 1. The molecule has 0 aliphatic carbocycles. The first-order valence-electron chi connectivity index (χ1n) is 10.7. The number of rotatable bonds is 7. The Kier molecular flexibility index (Phi) is 5.70. The van der Waals surface area contributed by atoms with Gasteiger partial charge in [-0.15, -0.1) is 11.3 Å². The average molecular weight is 458 g/mol. The van der Waals surface area contributed by atoms with Crippen molar-refractivity contribution in [2.75, 3.05) is 6.54 Å². The van der Waals surface area contributed by atoms with Gasteiger partial charge in [0.2, 0.25) is 0 Å². The molecule has 0 saturated heterocycles. The molecule has 0 aliphatic heterocycles. The summed E-state index contributed by atoms with van der Waals surface area (Å²) in [4.78, 5) is 31.0. The molecule has 0 bridgehead atoms. The summed E-state index contributed by atoms with van der Waals surface area (Å²) in [6, 6.07) is 9.62. The van der Waals surface area contributed by atoms with E-state index in [1.54, 1.807) is 23.7 Å². The second-order valence-electron chi connectivity index (χ2n) is 7.76. The Balaban J connectivity index is 1.40. The highest BCUT2D eigenvalue weighted by atomic mass is 32.1. The van der Waals surface area contributed by atoms with Crippen molar-refractivity contribution in [3.8, 4) is 11.5 Å². The first-order chi connectivity index (χ1) is 16.1. The van der Waals surface area contributed by atoms with Gasteiger partial charge >= 0.3 is 0 Å². The zero-order valence-electron chi connectivity index (χ0n) is 18.4. The molecule has 9 heteroatoms. The van der Waals surface area contributed by atoms with E-state index in [2.05, 4.69) is 25.2 Å². The summed E-state index contributed by atoms with van der Waals surface area (Å²) in [5.74, 6) is 1.31. The lowest BCUT2D eigenvalue weighted by Gasteiger charge is -2.03. The van der Waals surface area contributed by atoms with Crippen molar-refractivity contribution in [2.24, 2.45) is 0 Å². The highest BCUT2D eigenvalue weighted by molar-refractivity contribution is 7.09. The molecule has 5 rings (SSSR count). The summed E-state index contributed by atoms with van der Waals surface area (Å²) in [5.41, 5.74) is 3.99. The molecule has 1 N–H and O–H groups in total. The molecule has 33 heavy (non-hydrogen) atoms. The van der Waals surface area contributed by atoms with Gasteiger partial charge in [-0.2, -0.15) is 0 Å². The third kappa shape index (κ3) is 4.40. The molecule has 0 radical (unpaired) electrons. The quantitative estimate of drug-likeness (QED) is 0.403. The van der Waals surface area contributed by atoms with Gasteiger partial charge in [-0.05, 0) is 50.1 Å². The number of imidazole rings is 2. The monoisotopic (exact) mass is 457 g/mol. The highest BCUT2D eigenvalue weighted by Gasteiger charge is 2.20. The summed E-state index contributed by atoms with van der Waals surface area (Å²) < 4.78 is 3.97. The van der Waals surface area contributed by atoms with E-state index in [4.69, 9.17) is 9.97 Å². The van der Waals surface area contributed by atoms with E-state index in [0.717, 1.165) is 39.7 Å². The predicted molar refractivity (Wildman–Crippen MR) is 127 cm³/mol. The van der Waals surface area contributed by atoms with Crippen molar-refractivity contribution in [3.63, 3.8) is 0 Å².